The van der Waals surface area contributed by atoms with Gasteiger partial charge in [0.2, 0.25) is 5.95 Å². The van der Waals surface area contributed by atoms with Crippen molar-refractivity contribution in [1.82, 2.24) is 40.5 Å². The monoisotopic (exact) mass is 1040 g/mol. The van der Waals surface area contributed by atoms with Crippen LogP contribution in [0.1, 0.15) is 131 Å². The molecule has 0 aliphatic rings. The van der Waals surface area contributed by atoms with Crippen LogP contribution in [0, 0.1) is 10.8 Å². The maximum atomic E-state index is 12.8. The van der Waals surface area contributed by atoms with Gasteiger partial charge in [-0.15, -0.1) is 5.73 Å². The van der Waals surface area contributed by atoms with Crippen molar-refractivity contribution in [2.45, 2.75) is 119 Å². The molecule has 2 atom stereocenters. The van der Waals surface area contributed by atoms with Crippen LogP contribution in [-0.2, 0) is 32.9 Å². The summed E-state index contributed by atoms with van der Waals surface area (Å²) in [6.07, 6.45) is 7.80. The van der Waals surface area contributed by atoms with Gasteiger partial charge in [-0.05, 0) is 108 Å². The zero-order valence-corrected chi connectivity index (χ0v) is 45.1. The van der Waals surface area contributed by atoms with Crippen molar-refractivity contribution in [3.8, 4) is 0 Å². The zero-order valence-electron chi connectivity index (χ0n) is 45.1. The van der Waals surface area contributed by atoms with E-state index in [1.54, 1.807) is 48.7 Å². The number of rotatable bonds is 18. The number of carboxylic acids is 3. The standard InChI is InChI=1S/C35H47N5O3.C21H23N7O5/c1-33(2,3)18-11-12-28-38-29(35(7,8)9)26-20-23(21-36-30(26)39-28)22-40(10)25-15-13-24(14-16-25)31(41)37-27(32(42)43)17-19-34(4,5)6;1-28(10-11-8-14-17(22)26-21(23)27-18(14)24-9-11)13-4-2-12(3-5-13)19(31)25-15(20(32)33)6-7-16(29)30/h12-16,18,20-21,27H,17,19,22H2,1-10H3,(H,37,41)(H,42,43);2-5,8-9,15H,6-7,10H2,1H3,(H,25,31)(H,29,30)(H,32,33)(H4,22,23,24,26,27). The number of benzene rings is 2. The van der Waals surface area contributed by atoms with Gasteiger partial charge in [0, 0.05) is 85.4 Å². The highest BCUT2D eigenvalue weighted by molar-refractivity contribution is 5.98. The molecule has 2 aromatic carbocycles. The largest absolute Gasteiger partial charge is 0.481 e. The predicted molar refractivity (Wildman–Crippen MR) is 295 cm³/mol. The number of allylic oxidation sites excluding steroid dienone is 1. The van der Waals surface area contributed by atoms with Crippen LogP contribution in [0.2, 0.25) is 0 Å². The summed E-state index contributed by atoms with van der Waals surface area (Å²) in [6.45, 7) is 20.0. The molecule has 0 fully saturated rings. The molecule has 76 heavy (non-hydrogen) atoms. The molecule has 0 radical (unpaired) electrons. The second kappa shape index (κ2) is 24.7. The third-order valence-electron chi connectivity index (χ3n) is 11.7. The first kappa shape index (κ1) is 58.4. The average Bonchev–Trinajstić information content (AvgIpc) is 3.33. The number of carbonyl (C=O) groups is 5. The lowest BCUT2D eigenvalue weighted by Gasteiger charge is -2.22. The summed E-state index contributed by atoms with van der Waals surface area (Å²) in [4.78, 5) is 89.4. The molecule has 0 spiro atoms. The van der Waals surface area contributed by atoms with Gasteiger partial charge in [0.1, 0.15) is 17.9 Å². The minimum atomic E-state index is -1.29. The van der Waals surface area contributed by atoms with Crippen LogP contribution in [0.15, 0.2) is 84.9 Å². The smallest absolute Gasteiger partial charge is 0.326 e. The number of nitrogen functional groups attached to an aromatic ring is 2. The Hall–Kier alpha value is -8.51. The highest BCUT2D eigenvalue weighted by atomic mass is 16.4. The van der Waals surface area contributed by atoms with Crippen LogP contribution < -0.4 is 31.9 Å². The number of carbonyl (C=O) groups excluding carboxylic acids is 2. The Morgan fingerprint density at radius 1 is 0.658 bits per heavy atom. The number of amides is 2. The quantitative estimate of drug-likeness (QED) is 0.0400. The van der Waals surface area contributed by atoms with Crippen LogP contribution >= 0.6 is 0 Å². The van der Waals surface area contributed by atoms with Crippen molar-refractivity contribution in [2.24, 2.45) is 10.8 Å². The molecule has 6 aromatic rings. The number of nitrogens with zero attached hydrogens (tertiary/aromatic N) is 8. The van der Waals surface area contributed by atoms with Crippen molar-refractivity contribution in [2.75, 3.05) is 35.4 Å². The molecular formula is C56H70N12O8. The summed E-state index contributed by atoms with van der Waals surface area (Å²) in [7, 11) is 3.83. The number of anilines is 4. The van der Waals surface area contributed by atoms with Gasteiger partial charge in [0.15, 0.2) is 17.1 Å². The van der Waals surface area contributed by atoms with Gasteiger partial charge < -0.3 is 47.2 Å². The highest BCUT2D eigenvalue weighted by Crippen LogP contribution is 2.29. The van der Waals surface area contributed by atoms with Crippen molar-refractivity contribution < 1.29 is 39.3 Å². The number of hydrogen-bond acceptors (Lipinski definition) is 15. The van der Waals surface area contributed by atoms with Crippen molar-refractivity contribution in [3.05, 3.63) is 119 Å². The van der Waals surface area contributed by atoms with E-state index >= 15 is 0 Å². The van der Waals surface area contributed by atoms with Gasteiger partial charge in [0.25, 0.3) is 11.8 Å². The van der Waals surface area contributed by atoms with Crippen LogP contribution in [0.25, 0.3) is 28.1 Å². The van der Waals surface area contributed by atoms with Gasteiger partial charge in [-0.1, -0.05) is 62.3 Å². The fourth-order valence-electron chi connectivity index (χ4n) is 7.65. The predicted octanol–water partition coefficient (Wildman–Crippen LogP) is 8.06. The molecule has 402 valence electrons. The number of pyridine rings is 2. The Kier molecular flexibility index (Phi) is 19.0. The van der Waals surface area contributed by atoms with E-state index in [9.17, 15) is 34.2 Å². The van der Waals surface area contributed by atoms with Gasteiger partial charge in [-0.2, -0.15) is 9.97 Å². The van der Waals surface area contributed by atoms with E-state index in [1.807, 2.05) is 49.5 Å². The number of aromatic nitrogens is 6. The summed E-state index contributed by atoms with van der Waals surface area (Å²) >= 11 is 0. The third kappa shape index (κ3) is 17.3. The molecule has 2 unspecified atom stereocenters. The van der Waals surface area contributed by atoms with E-state index in [2.05, 4.69) is 110 Å². The molecule has 0 saturated heterocycles. The van der Waals surface area contributed by atoms with Crippen LogP contribution in [-0.4, -0.2) is 101 Å². The molecule has 4 aromatic heterocycles. The van der Waals surface area contributed by atoms with E-state index in [4.69, 9.17) is 26.5 Å². The fourth-order valence-corrected chi connectivity index (χ4v) is 7.65. The van der Waals surface area contributed by atoms with Crippen molar-refractivity contribution >= 4 is 81.0 Å². The van der Waals surface area contributed by atoms with Crippen LogP contribution in [0.3, 0.4) is 0 Å². The van der Waals surface area contributed by atoms with E-state index in [1.165, 1.54) is 0 Å². The van der Waals surface area contributed by atoms with E-state index in [0.29, 0.717) is 54.0 Å². The van der Waals surface area contributed by atoms with E-state index in [0.717, 1.165) is 33.6 Å². The van der Waals surface area contributed by atoms with E-state index < -0.39 is 41.8 Å². The Morgan fingerprint density at radius 2 is 1.13 bits per heavy atom. The normalized spacial score (nSPS) is 12.3. The second-order valence-corrected chi connectivity index (χ2v) is 22.0. The van der Waals surface area contributed by atoms with Gasteiger partial charge in [0.05, 0.1) is 11.1 Å². The topological polar surface area (TPSA) is 306 Å². The number of fused-ring (bicyclic) bond motifs is 2. The Bertz CT molecular complexity index is 3140. The minimum absolute atomic E-state index is 0.0153. The molecule has 0 bridgehead atoms. The molecule has 20 nitrogen and oxygen atoms in total. The minimum Gasteiger partial charge on any atom is -0.481 e. The number of nitrogens with one attached hydrogen (secondary N) is 2. The van der Waals surface area contributed by atoms with Gasteiger partial charge >= 0.3 is 17.9 Å². The molecule has 0 aliphatic heterocycles. The number of hydrogen-bond donors (Lipinski definition) is 7. The van der Waals surface area contributed by atoms with Crippen molar-refractivity contribution in [1.29, 1.82) is 0 Å². The summed E-state index contributed by atoms with van der Waals surface area (Å²) < 4.78 is 0. The highest BCUT2D eigenvalue weighted by Gasteiger charge is 2.25. The molecule has 6 rings (SSSR count). The summed E-state index contributed by atoms with van der Waals surface area (Å²) in [5, 5.41) is 34.0. The van der Waals surface area contributed by atoms with Crippen LogP contribution in [0.5, 0.6) is 0 Å². The first-order valence-electron chi connectivity index (χ1n) is 24.7. The van der Waals surface area contributed by atoms with Crippen LogP contribution in [0.4, 0.5) is 23.1 Å². The Labute approximate surface area is 442 Å². The summed E-state index contributed by atoms with van der Waals surface area (Å²) in [6, 6.07) is 15.4. The average molecular weight is 1040 g/mol. The molecule has 0 aliphatic carbocycles. The second-order valence-electron chi connectivity index (χ2n) is 22.0. The lowest BCUT2D eigenvalue weighted by molar-refractivity contribution is -0.141. The summed E-state index contributed by atoms with van der Waals surface area (Å²) in [5.74, 6) is -3.57. The molecule has 20 heteroatoms. The van der Waals surface area contributed by atoms with Gasteiger partial charge in [-0.25, -0.2) is 29.5 Å². The number of nitrogens with two attached hydrogens (primary N) is 2. The zero-order chi connectivity index (χ0) is 56.3. The maximum absolute atomic E-state index is 12.8. The SMILES string of the molecule is CN(Cc1cnc2nc(C=C=CC(C)(C)C)nc(C(C)(C)C)c2c1)c1ccc(C(=O)NC(CCC(C)(C)C)C(=O)O)cc1.CN(Cc1cnc2nc(N)nc(N)c2c1)c1ccc(C(=O)NC(CCC(=O)O)C(=O)O)cc1. The first-order chi connectivity index (χ1) is 35.5. The lowest BCUT2D eigenvalue weighted by Crippen LogP contribution is -2.41. The molecule has 4 heterocycles. The number of carboxylic acid groups (broad SMARTS) is 3. The Balaban J connectivity index is 0.000000290. The first-order valence-corrected chi connectivity index (χ1v) is 24.7. The summed E-state index contributed by atoms with van der Waals surface area (Å²) in [5.41, 5.74) is 20.7. The van der Waals surface area contributed by atoms with Gasteiger partial charge in [-0.3, -0.25) is 14.4 Å². The Morgan fingerprint density at radius 3 is 1.58 bits per heavy atom. The molecular weight excluding hydrogens is 969 g/mol. The molecule has 2 amide bonds. The van der Waals surface area contributed by atoms with Crippen molar-refractivity contribution in [3.63, 3.8) is 0 Å². The maximum Gasteiger partial charge on any atom is 0.326 e. The van der Waals surface area contributed by atoms with E-state index in [-0.39, 0.29) is 46.4 Å². The number of aliphatic carboxylic acids is 3. The lowest BCUT2D eigenvalue weighted by atomic mass is 9.88. The fraction of sp³-hybridized carbons (Fsp3) is 0.393. The molecule has 9 N–H and O–H groups in total. The molecule has 0 saturated carbocycles. The third-order valence-corrected chi connectivity index (χ3v) is 11.7.